The summed E-state index contributed by atoms with van der Waals surface area (Å²) in [7, 11) is 0. The van der Waals surface area contributed by atoms with Crippen LogP contribution in [0.3, 0.4) is 0 Å². The molecule has 0 bridgehead atoms. The van der Waals surface area contributed by atoms with Gasteiger partial charge in [-0.3, -0.25) is 0 Å². The zero-order chi connectivity index (χ0) is 9.42. The average Bonchev–Trinajstić information content (AvgIpc) is 2.06. The fraction of sp³-hybridized carbons (Fsp3) is 0.111. The predicted octanol–water partition coefficient (Wildman–Crippen LogP) is 2.28. The van der Waals surface area contributed by atoms with E-state index in [0.717, 1.165) is 15.4 Å². The maximum Gasteiger partial charge on any atom is 0.135 e. The summed E-state index contributed by atoms with van der Waals surface area (Å²) in [6.07, 6.45) is 0. The highest BCUT2D eigenvalue weighted by Crippen LogP contribution is 2.21. The smallest absolute Gasteiger partial charge is 0.135 e. The van der Waals surface area contributed by atoms with Gasteiger partial charge in [0.15, 0.2) is 0 Å². The van der Waals surface area contributed by atoms with Crippen molar-refractivity contribution in [1.29, 1.82) is 0 Å². The molecular weight excluding hydrogens is 230 g/mol. The summed E-state index contributed by atoms with van der Waals surface area (Å²) in [5, 5.41) is 0.889. The number of halogens is 1. The van der Waals surface area contributed by atoms with Gasteiger partial charge in [0, 0.05) is 9.86 Å². The van der Waals surface area contributed by atoms with Crippen molar-refractivity contribution >= 4 is 32.7 Å². The lowest BCUT2D eigenvalue weighted by Crippen LogP contribution is -1.96. The van der Waals surface area contributed by atoms with E-state index in [2.05, 4.69) is 25.9 Å². The van der Waals surface area contributed by atoms with E-state index in [1.807, 2.05) is 25.1 Å². The topological polar surface area (TPSA) is 51.8 Å². The molecule has 1 heterocycles. The molecular formula is C9H8BrN3. The van der Waals surface area contributed by atoms with E-state index in [1.165, 1.54) is 0 Å². The number of hydrogen-bond acceptors (Lipinski definition) is 3. The van der Waals surface area contributed by atoms with Crippen LogP contribution in [0, 0.1) is 6.92 Å². The van der Waals surface area contributed by atoms with Gasteiger partial charge in [-0.2, -0.15) is 0 Å². The highest BCUT2D eigenvalue weighted by molar-refractivity contribution is 9.10. The average molecular weight is 238 g/mol. The molecule has 1 aromatic heterocycles. The number of nitrogens with two attached hydrogens (primary N) is 1. The summed E-state index contributed by atoms with van der Waals surface area (Å²) in [6.45, 7) is 1.83. The number of anilines is 1. The Labute approximate surface area is 84.1 Å². The van der Waals surface area contributed by atoms with Gasteiger partial charge in [0.1, 0.15) is 11.6 Å². The first kappa shape index (κ1) is 8.44. The molecule has 0 saturated carbocycles. The normalized spacial score (nSPS) is 10.6. The van der Waals surface area contributed by atoms with Crippen LogP contribution in [-0.2, 0) is 0 Å². The Balaban J connectivity index is 2.87. The highest BCUT2D eigenvalue weighted by Gasteiger charge is 2.02. The summed E-state index contributed by atoms with van der Waals surface area (Å²) >= 11 is 3.37. The third kappa shape index (κ3) is 1.49. The number of benzene rings is 1. The second kappa shape index (κ2) is 2.96. The molecule has 0 aliphatic carbocycles. The highest BCUT2D eigenvalue weighted by atomic mass is 79.9. The quantitative estimate of drug-likeness (QED) is 0.765. The third-order valence-electron chi connectivity index (χ3n) is 1.80. The lowest BCUT2D eigenvalue weighted by molar-refractivity contribution is 1.10. The van der Waals surface area contributed by atoms with Crippen LogP contribution in [0.25, 0.3) is 10.9 Å². The molecule has 4 heteroatoms. The molecule has 0 radical (unpaired) electrons. The standard InChI is InChI=1S/C9H8BrN3/c1-5-12-8-3-2-6(10)4-7(8)9(11)13-5/h2-4H,1H3,(H2,11,12,13). The van der Waals surface area contributed by atoms with Crippen LogP contribution in [0.1, 0.15) is 5.82 Å². The van der Waals surface area contributed by atoms with E-state index in [4.69, 9.17) is 5.73 Å². The Morgan fingerprint density at radius 3 is 2.85 bits per heavy atom. The molecule has 2 aromatic rings. The second-order valence-electron chi connectivity index (χ2n) is 2.82. The van der Waals surface area contributed by atoms with Gasteiger partial charge in [0.2, 0.25) is 0 Å². The fourth-order valence-corrected chi connectivity index (χ4v) is 1.61. The Morgan fingerprint density at radius 2 is 2.08 bits per heavy atom. The van der Waals surface area contributed by atoms with Crippen LogP contribution in [0.15, 0.2) is 22.7 Å². The van der Waals surface area contributed by atoms with E-state index >= 15 is 0 Å². The van der Waals surface area contributed by atoms with Crippen LogP contribution in [0.4, 0.5) is 5.82 Å². The van der Waals surface area contributed by atoms with Gasteiger partial charge in [-0.15, -0.1) is 0 Å². The largest absolute Gasteiger partial charge is 0.383 e. The summed E-state index contributed by atoms with van der Waals surface area (Å²) in [6, 6.07) is 5.78. The van der Waals surface area contributed by atoms with Crippen LogP contribution in [0.2, 0.25) is 0 Å². The lowest BCUT2D eigenvalue weighted by Gasteiger charge is -2.02. The van der Waals surface area contributed by atoms with Crippen molar-refractivity contribution in [3.63, 3.8) is 0 Å². The molecule has 13 heavy (non-hydrogen) atoms. The molecule has 0 amide bonds. The van der Waals surface area contributed by atoms with Crippen molar-refractivity contribution in [2.75, 3.05) is 5.73 Å². The van der Waals surface area contributed by atoms with Gasteiger partial charge in [-0.05, 0) is 25.1 Å². The van der Waals surface area contributed by atoms with Gasteiger partial charge in [-0.25, -0.2) is 9.97 Å². The van der Waals surface area contributed by atoms with Crippen molar-refractivity contribution in [1.82, 2.24) is 9.97 Å². The molecule has 0 spiro atoms. The molecule has 0 aliphatic rings. The minimum absolute atomic E-state index is 0.531. The zero-order valence-electron chi connectivity index (χ0n) is 7.08. The van der Waals surface area contributed by atoms with E-state index in [0.29, 0.717) is 11.6 Å². The fourth-order valence-electron chi connectivity index (χ4n) is 1.24. The van der Waals surface area contributed by atoms with Crippen molar-refractivity contribution in [3.05, 3.63) is 28.5 Å². The van der Waals surface area contributed by atoms with Gasteiger partial charge >= 0.3 is 0 Å². The van der Waals surface area contributed by atoms with Crippen molar-refractivity contribution in [3.8, 4) is 0 Å². The monoisotopic (exact) mass is 237 g/mol. The molecule has 2 N–H and O–H groups in total. The van der Waals surface area contributed by atoms with Crippen molar-refractivity contribution in [2.45, 2.75) is 6.92 Å². The Hall–Kier alpha value is -1.16. The molecule has 2 rings (SSSR count). The number of nitrogens with zero attached hydrogens (tertiary/aromatic N) is 2. The number of aromatic nitrogens is 2. The van der Waals surface area contributed by atoms with Crippen LogP contribution >= 0.6 is 15.9 Å². The van der Waals surface area contributed by atoms with E-state index < -0.39 is 0 Å². The molecule has 0 aliphatic heterocycles. The molecule has 1 aromatic carbocycles. The van der Waals surface area contributed by atoms with Gasteiger partial charge in [-0.1, -0.05) is 15.9 Å². The molecule has 3 nitrogen and oxygen atoms in total. The van der Waals surface area contributed by atoms with Crippen molar-refractivity contribution in [2.24, 2.45) is 0 Å². The molecule has 0 saturated heterocycles. The first-order valence-electron chi connectivity index (χ1n) is 3.86. The molecule has 0 atom stereocenters. The first-order valence-corrected chi connectivity index (χ1v) is 4.65. The van der Waals surface area contributed by atoms with Crippen LogP contribution in [0.5, 0.6) is 0 Å². The molecule has 66 valence electrons. The lowest BCUT2D eigenvalue weighted by atomic mass is 10.2. The number of hydrogen-bond donors (Lipinski definition) is 1. The molecule has 0 fully saturated rings. The minimum atomic E-state index is 0.531. The molecule has 0 unspecified atom stereocenters. The van der Waals surface area contributed by atoms with Gasteiger partial charge in [0.05, 0.1) is 5.52 Å². The third-order valence-corrected chi connectivity index (χ3v) is 2.29. The van der Waals surface area contributed by atoms with Crippen molar-refractivity contribution < 1.29 is 0 Å². The zero-order valence-corrected chi connectivity index (χ0v) is 8.67. The summed E-state index contributed by atoms with van der Waals surface area (Å²) in [4.78, 5) is 8.35. The minimum Gasteiger partial charge on any atom is -0.383 e. The van der Waals surface area contributed by atoms with Crippen LogP contribution in [-0.4, -0.2) is 9.97 Å². The van der Waals surface area contributed by atoms with Gasteiger partial charge < -0.3 is 5.73 Å². The SMILES string of the molecule is Cc1nc(N)c2cc(Br)ccc2n1. The summed E-state index contributed by atoms with van der Waals surface area (Å²) in [5.74, 6) is 1.23. The maximum atomic E-state index is 5.75. The summed E-state index contributed by atoms with van der Waals surface area (Å²) in [5.41, 5.74) is 6.64. The number of aryl methyl sites for hydroxylation is 1. The van der Waals surface area contributed by atoms with E-state index in [1.54, 1.807) is 0 Å². The van der Waals surface area contributed by atoms with Crippen LogP contribution < -0.4 is 5.73 Å². The van der Waals surface area contributed by atoms with E-state index in [9.17, 15) is 0 Å². The van der Waals surface area contributed by atoms with E-state index in [-0.39, 0.29) is 0 Å². The number of fused-ring (bicyclic) bond motifs is 1. The summed E-state index contributed by atoms with van der Waals surface area (Å²) < 4.78 is 0.985. The Morgan fingerprint density at radius 1 is 1.31 bits per heavy atom. The predicted molar refractivity (Wildman–Crippen MR) is 56.4 cm³/mol. The number of rotatable bonds is 0. The number of nitrogen functional groups attached to an aromatic ring is 1. The Kier molecular flexibility index (Phi) is 1.92. The maximum absolute atomic E-state index is 5.75. The second-order valence-corrected chi connectivity index (χ2v) is 3.73. The first-order chi connectivity index (χ1) is 6.16. The Bertz CT molecular complexity index is 468. The van der Waals surface area contributed by atoms with Gasteiger partial charge in [0.25, 0.3) is 0 Å².